The van der Waals surface area contributed by atoms with Crippen LogP contribution in [0.3, 0.4) is 0 Å². The van der Waals surface area contributed by atoms with Crippen LogP contribution in [-0.2, 0) is 14.8 Å². The molecule has 0 aliphatic heterocycles. The third kappa shape index (κ3) is 3.90. The van der Waals surface area contributed by atoms with Gasteiger partial charge in [-0.1, -0.05) is 12.1 Å². The van der Waals surface area contributed by atoms with E-state index in [0.717, 1.165) is 0 Å². The van der Waals surface area contributed by atoms with Crippen molar-refractivity contribution >= 4 is 15.8 Å². The van der Waals surface area contributed by atoms with Crippen molar-refractivity contribution in [2.24, 2.45) is 0 Å². The summed E-state index contributed by atoms with van der Waals surface area (Å²) < 4.78 is 31.2. The lowest BCUT2D eigenvalue weighted by molar-refractivity contribution is 0.101. The molecule has 0 aromatic heterocycles. The first-order valence-corrected chi connectivity index (χ1v) is 6.98. The average molecular weight is 271 g/mol. The average Bonchev–Trinajstić information content (AvgIpc) is 2.36. The fourth-order valence-corrected chi connectivity index (χ4v) is 2.38. The molecule has 0 bridgehead atoms. The minimum Gasteiger partial charge on any atom is -0.380 e. The molecule has 0 aliphatic rings. The van der Waals surface area contributed by atoms with Gasteiger partial charge in [-0.25, -0.2) is 13.1 Å². The van der Waals surface area contributed by atoms with Crippen molar-refractivity contribution in [3.8, 4) is 0 Å². The first-order chi connectivity index (χ1) is 8.36. The van der Waals surface area contributed by atoms with Crippen LogP contribution >= 0.6 is 0 Å². The Hall–Kier alpha value is -1.24. The van der Waals surface area contributed by atoms with Gasteiger partial charge in [0.05, 0.1) is 11.0 Å². The van der Waals surface area contributed by atoms with Gasteiger partial charge in [0.1, 0.15) is 0 Å². The van der Waals surface area contributed by atoms with E-state index in [-0.39, 0.29) is 23.3 Å². The summed E-state index contributed by atoms with van der Waals surface area (Å²) in [5.74, 6) is -0.0973. The minimum atomic E-state index is -3.55. The molecule has 1 aromatic carbocycles. The lowest BCUT2D eigenvalue weighted by Crippen LogP contribution is -2.31. The number of rotatable bonds is 6. The number of methoxy groups -OCH3 is 1. The molecule has 1 rings (SSSR count). The zero-order valence-electron chi connectivity index (χ0n) is 10.6. The second-order valence-electron chi connectivity index (χ2n) is 3.98. The molecule has 0 saturated heterocycles. The van der Waals surface area contributed by atoms with Crippen LogP contribution in [0.25, 0.3) is 0 Å². The normalized spacial score (nSPS) is 13.3. The molecule has 0 radical (unpaired) electrons. The lowest BCUT2D eigenvalue weighted by atomic mass is 10.2. The Bertz CT molecular complexity index is 507. The largest absolute Gasteiger partial charge is 0.380 e. The van der Waals surface area contributed by atoms with Crippen LogP contribution < -0.4 is 4.72 Å². The molecule has 0 heterocycles. The maximum absolute atomic E-state index is 11.9. The minimum absolute atomic E-state index is 0.0973. The van der Waals surface area contributed by atoms with Crippen molar-refractivity contribution in [3.63, 3.8) is 0 Å². The number of ether oxygens (including phenoxy) is 1. The standard InChI is InChI=1S/C12H17NO4S/c1-9(17-3)8-13-18(15,16)12-6-4-11(5-7-12)10(2)14/h4-7,9,13H,8H2,1-3H3. The summed E-state index contributed by atoms with van der Waals surface area (Å²) in [6, 6.07) is 5.82. The highest BCUT2D eigenvalue weighted by Gasteiger charge is 2.15. The van der Waals surface area contributed by atoms with Gasteiger partial charge in [-0.3, -0.25) is 4.79 Å². The number of benzene rings is 1. The number of carbonyl (C=O) groups excluding carboxylic acids is 1. The molecule has 18 heavy (non-hydrogen) atoms. The zero-order chi connectivity index (χ0) is 13.8. The molecule has 1 atom stereocenters. The van der Waals surface area contributed by atoms with E-state index in [0.29, 0.717) is 5.56 Å². The van der Waals surface area contributed by atoms with Crippen LogP contribution in [0.2, 0.25) is 0 Å². The SMILES string of the molecule is COC(C)CNS(=O)(=O)c1ccc(C(C)=O)cc1. The summed E-state index contributed by atoms with van der Waals surface area (Å²) in [7, 11) is -2.03. The molecular weight excluding hydrogens is 254 g/mol. The highest BCUT2D eigenvalue weighted by atomic mass is 32.2. The van der Waals surface area contributed by atoms with Gasteiger partial charge in [-0.05, 0) is 26.0 Å². The van der Waals surface area contributed by atoms with Gasteiger partial charge in [-0.15, -0.1) is 0 Å². The Morgan fingerprint density at radius 3 is 2.33 bits per heavy atom. The third-order valence-corrected chi connectivity index (χ3v) is 3.97. The van der Waals surface area contributed by atoms with Crippen LogP contribution in [0, 0.1) is 0 Å². The van der Waals surface area contributed by atoms with Crippen LogP contribution in [0.1, 0.15) is 24.2 Å². The first-order valence-electron chi connectivity index (χ1n) is 5.50. The fraction of sp³-hybridized carbons (Fsp3) is 0.417. The topological polar surface area (TPSA) is 72.5 Å². The van der Waals surface area contributed by atoms with Gasteiger partial charge in [0.25, 0.3) is 0 Å². The predicted octanol–water partition coefficient (Wildman–Crippen LogP) is 1.20. The van der Waals surface area contributed by atoms with Crippen LogP contribution in [0.4, 0.5) is 0 Å². The molecule has 1 aromatic rings. The maximum Gasteiger partial charge on any atom is 0.240 e. The molecular formula is C12H17NO4S. The molecule has 6 heteroatoms. The summed E-state index contributed by atoms with van der Waals surface area (Å²) in [6.45, 7) is 3.40. The highest BCUT2D eigenvalue weighted by Crippen LogP contribution is 2.11. The maximum atomic E-state index is 11.9. The van der Waals surface area contributed by atoms with E-state index >= 15 is 0 Å². The fourth-order valence-electron chi connectivity index (χ4n) is 1.26. The molecule has 0 aliphatic carbocycles. The Kier molecular flexibility index (Phi) is 5.01. The van der Waals surface area contributed by atoms with Crippen molar-refractivity contribution in [1.29, 1.82) is 0 Å². The Morgan fingerprint density at radius 2 is 1.89 bits per heavy atom. The van der Waals surface area contributed by atoms with Gasteiger partial charge < -0.3 is 4.74 Å². The van der Waals surface area contributed by atoms with Crippen LogP contribution in [0.5, 0.6) is 0 Å². The van der Waals surface area contributed by atoms with Crippen molar-refractivity contribution < 1.29 is 17.9 Å². The molecule has 5 nitrogen and oxygen atoms in total. The second kappa shape index (κ2) is 6.08. The van der Waals surface area contributed by atoms with E-state index in [1.165, 1.54) is 38.3 Å². The van der Waals surface area contributed by atoms with Crippen molar-refractivity contribution in [2.45, 2.75) is 24.8 Å². The van der Waals surface area contributed by atoms with E-state index in [9.17, 15) is 13.2 Å². The summed E-state index contributed by atoms with van der Waals surface area (Å²) in [4.78, 5) is 11.2. The zero-order valence-corrected chi connectivity index (χ0v) is 11.5. The number of sulfonamides is 1. The number of ketones is 1. The van der Waals surface area contributed by atoms with Gasteiger partial charge in [-0.2, -0.15) is 0 Å². The van der Waals surface area contributed by atoms with Crippen LogP contribution in [0.15, 0.2) is 29.2 Å². The number of Topliss-reactive ketones (excluding diaryl/α,β-unsaturated/α-hetero) is 1. The van der Waals surface area contributed by atoms with Gasteiger partial charge in [0.15, 0.2) is 5.78 Å². The quantitative estimate of drug-likeness (QED) is 0.789. The highest BCUT2D eigenvalue weighted by molar-refractivity contribution is 7.89. The van der Waals surface area contributed by atoms with Gasteiger partial charge >= 0.3 is 0 Å². The van der Waals surface area contributed by atoms with Gasteiger partial charge in [0, 0.05) is 19.2 Å². The molecule has 0 spiro atoms. The smallest absolute Gasteiger partial charge is 0.240 e. The second-order valence-corrected chi connectivity index (χ2v) is 5.75. The van der Waals surface area contributed by atoms with E-state index in [2.05, 4.69) is 4.72 Å². The molecule has 1 unspecified atom stereocenters. The monoisotopic (exact) mass is 271 g/mol. The van der Waals surface area contributed by atoms with E-state index in [1.807, 2.05) is 0 Å². The number of nitrogens with one attached hydrogen (secondary N) is 1. The lowest BCUT2D eigenvalue weighted by Gasteiger charge is -2.11. The summed E-state index contributed by atoms with van der Waals surface area (Å²) in [5.41, 5.74) is 0.485. The molecule has 0 fully saturated rings. The Balaban J connectivity index is 2.82. The Labute approximate surface area is 107 Å². The van der Waals surface area contributed by atoms with E-state index < -0.39 is 10.0 Å². The number of carbonyl (C=O) groups is 1. The number of hydrogen-bond acceptors (Lipinski definition) is 4. The Morgan fingerprint density at radius 1 is 1.33 bits per heavy atom. The molecule has 100 valence electrons. The summed E-state index contributed by atoms with van der Waals surface area (Å²) in [6.07, 6.45) is -0.198. The third-order valence-electron chi connectivity index (χ3n) is 2.53. The van der Waals surface area contributed by atoms with Crippen molar-refractivity contribution in [1.82, 2.24) is 4.72 Å². The predicted molar refractivity (Wildman–Crippen MR) is 68.1 cm³/mol. The summed E-state index contributed by atoms with van der Waals surface area (Å²) >= 11 is 0. The van der Waals surface area contributed by atoms with E-state index in [4.69, 9.17) is 4.74 Å². The van der Waals surface area contributed by atoms with Crippen molar-refractivity contribution in [2.75, 3.05) is 13.7 Å². The first kappa shape index (κ1) is 14.8. The van der Waals surface area contributed by atoms with E-state index in [1.54, 1.807) is 6.92 Å². The molecule has 0 saturated carbocycles. The van der Waals surface area contributed by atoms with Gasteiger partial charge in [0.2, 0.25) is 10.0 Å². The van der Waals surface area contributed by atoms with Crippen LogP contribution in [-0.4, -0.2) is 34.0 Å². The van der Waals surface area contributed by atoms with Crippen molar-refractivity contribution in [3.05, 3.63) is 29.8 Å². The summed E-state index contributed by atoms with van der Waals surface area (Å²) in [5, 5.41) is 0. The number of hydrogen-bond donors (Lipinski definition) is 1. The molecule has 1 N–H and O–H groups in total. The molecule has 0 amide bonds.